The van der Waals surface area contributed by atoms with E-state index in [4.69, 9.17) is 11.6 Å². The van der Waals surface area contributed by atoms with E-state index in [-0.39, 0.29) is 17.3 Å². The van der Waals surface area contributed by atoms with Gasteiger partial charge in [0.2, 0.25) is 5.91 Å². The van der Waals surface area contributed by atoms with E-state index in [9.17, 15) is 13.2 Å². The highest BCUT2D eigenvalue weighted by Crippen LogP contribution is 2.26. The number of sulfonamides is 1. The van der Waals surface area contributed by atoms with E-state index in [1.807, 2.05) is 50.2 Å². The highest BCUT2D eigenvalue weighted by atomic mass is 35.5. The number of carbonyl (C=O) groups is 1. The lowest BCUT2D eigenvalue weighted by molar-refractivity contribution is -0.128. The molecule has 0 aliphatic rings. The van der Waals surface area contributed by atoms with Gasteiger partial charge in [0.15, 0.2) is 0 Å². The zero-order chi connectivity index (χ0) is 22.6. The molecule has 7 heteroatoms. The topological polar surface area (TPSA) is 57.7 Å². The Labute approximate surface area is 188 Å². The van der Waals surface area contributed by atoms with Gasteiger partial charge in [-0.15, -0.1) is 0 Å². The maximum absolute atomic E-state index is 13.5. The summed E-state index contributed by atoms with van der Waals surface area (Å²) in [6.07, 6.45) is 0. The van der Waals surface area contributed by atoms with Gasteiger partial charge < -0.3 is 4.90 Å². The molecule has 3 rings (SSSR count). The molecule has 162 valence electrons. The van der Waals surface area contributed by atoms with E-state index in [0.717, 1.165) is 21.0 Å². The van der Waals surface area contributed by atoms with Crippen LogP contribution in [0, 0.1) is 13.8 Å². The van der Waals surface area contributed by atoms with E-state index in [2.05, 4.69) is 0 Å². The first kappa shape index (κ1) is 22.8. The average Bonchev–Trinajstić information content (AvgIpc) is 2.74. The fourth-order valence-electron chi connectivity index (χ4n) is 3.12. The fraction of sp³-hybridized carbons (Fsp3) is 0.208. The zero-order valence-corrected chi connectivity index (χ0v) is 19.3. The highest BCUT2D eigenvalue weighted by molar-refractivity contribution is 7.92. The van der Waals surface area contributed by atoms with Crippen LogP contribution in [-0.4, -0.2) is 32.8 Å². The Morgan fingerprint density at radius 2 is 1.55 bits per heavy atom. The van der Waals surface area contributed by atoms with Crippen molar-refractivity contribution in [1.29, 1.82) is 0 Å². The standard InChI is InChI=1S/C24H25ClN2O3S/c1-18-9-12-22(15-19(18)2)27(31(29,30)23-13-10-21(25)11-14-23)17-24(28)26(3)16-20-7-5-4-6-8-20/h4-15H,16-17H2,1-3H3. The molecular formula is C24H25ClN2O3S. The van der Waals surface area contributed by atoms with Crippen molar-refractivity contribution in [3.05, 3.63) is 94.5 Å². The van der Waals surface area contributed by atoms with Crippen molar-refractivity contribution >= 4 is 33.2 Å². The summed E-state index contributed by atoms with van der Waals surface area (Å²) in [5.74, 6) is -0.306. The van der Waals surface area contributed by atoms with Gasteiger partial charge in [0.05, 0.1) is 10.6 Å². The number of carbonyl (C=O) groups excluding carboxylic acids is 1. The van der Waals surface area contributed by atoms with Gasteiger partial charge in [-0.05, 0) is 66.9 Å². The minimum Gasteiger partial charge on any atom is -0.340 e. The number of likely N-dealkylation sites (N-methyl/N-ethyl adjacent to an activating group) is 1. The number of halogens is 1. The minimum absolute atomic E-state index is 0.0774. The molecule has 0 bridgehead atoms. The molecule has 0 saturated heterocycles. The Kier molecular flexibility index (Phi) is 7.03. The van der Waals surface area contributed by atoms with Gasteiger partial charge in [-0.1, -0.05) is 48.0 Å². The predicted octanol–water partition coefficient (Wildman–Crippen LogP) is 4.81. The molecule has 3 aromatic rings. The Balaban J connectivity index is 1.94. The zero-order valence-electron chi connectivity index (χ0n) is 17.7. The molecule has 0 aromatic heterocycles. The molecule has 0 aliphatic carbocycles. The van der Waals surface area contributed by atoms with Crippen molar-refractivity contribution in [3.8, 4) is 0 Å². The van der Waals surface area contributed by atoms with E-state index in [1.165, 1.54) is 29.2 Å². The molecule has 0 heterocycles. The monoisotopic (exact) mass is 456 g/mol. The van der Waals surface area contributed by atoms with Crippen LogP contribution in [0.4, 0.5) is 5.69 Å². The van der Waals surface area contributed by atoms with Crippen LogP contribution in [0.1, 0.15) is 16.7 Å². The summed E-state index contributed by atoms with van der Waals surface area (Å²) in [5, 5.41) is 0.440. The molecule has 0 unspecified atom stereocenters. The normalized spacial score (nSPS) is 11.2. The van der Waals surface area contributed by atoms with Crippen molar-refractivity contribution in [1.82, 2.24) is 4.90 Å². The summed E-state index contributed by atoms with van der Waals surface area (Å²) in [5.41, 5.74) is 3.40. The molecule has 31 heavy (non-hydrogen) atoms. The SMILES string of the molecule is Cc1ccc(N(CC(=O)N(C)Cc2ccccc2)S(=O)(=O)c2ccc(Cl)cc2)cc1C. The summed E-state index contributed by atoms with van der Waals surface area (Å²) in [4.78, 5) is 14.6. The molecule has 3 aromatic carbocycles. The van der Waals surface area contributed by atoms with Crippen molar-refractivity contribution in [2.75, 3.05) is 17.9 Å². The molecule has 0 aliphatic heterocycles. The highest BCUT2D eigenvalue weighted by Gasteiger charge is 2.28. The van der Waals surface area contributed by atoms with Gasteiger partial charge in [-0.25, -0.2) is 8.42 Å². The summed E-state index contributed by atoms with van der Waals surface area (Å²) in [6, 6.07) is 20.9. The molecule has 0 fully saturated rings. The van der Waals surface area contributed by atoms with Gasteiger partial charge in [0.25, 0.3) is 10.0 Å². The number of benzene rings is 3. The molecule has 0 saturated carbocycles. The number of aryl methyl sites for hydroxylation is 2. The number of hydrogen-bond acceptors (Lipinski definition) is 3. The van der Waals surface area contributed by atoms with Gasteiger partial charge >= 0.3 is 0 Å². The molecule has 1 amide bonds. The van der Waals surface area contributed by atoms with Gasteiger partial charge in [0, 0.05) is 18.6 Å². The van der Waals surface area contributed by atoms with Crippen LogP contribution in [0.2, 0.25) is 5.02 Å². The van der Waals surface area contributed by atoms with Gasteiger partial charge in [-0.3, -0.25) is 9.10 Å². The van der Waals surface area contributed by atoms with Gasteiger partial charge in [-0.2, -0.15) is 0 Å². The Morgan fingerprint density at radius 3 is 2.16 bits per heavy atom. The number of nitrogens with zero attached hydrogens (tertiary/aromatic N) is 2. The predicted molar refractivity (Wildman–Crippen MR) is 125 cm³/mol. The summed E-state index contributed by atoms with van der Waals surface area (Å²) in [6.45, 7) is 3.95. The molecule has 0 spiro atoms. The van der Waals surface area contributed by atoms with E-state index in [1.54, 1.807) is 19.2 Å². The quantitative estimate of drug-likeness (QED) is 0.512. The van der Waals surface area contributed by atoms with Crippen molar-refractivity contribution in [2.24, 2.45) is 0 Å². The third-order valence-electron chi connectivity index (χ3n) is 5.15. The number of amides is 1. The van der Waals surface area contributed by atoms with Crippen molar-refractivity contribution in [2.45, 2.75) is 25.3 Å². The summed E-state index contributed by atoms with van der Waals surface area (Å²) < 4.78 is 28.1. The largest absolute Gasteiger partial charge is 0.340 e. The van der Waals surface area contributed by atoms with Crippen molar-refractivity contribution in [3.63, 3.8) is 0 Å². The Bertz CT molecular complexity index is 1160. The van der Waals surface area contributed by atoms with Crippen LogP contribution in [0.5, 0.6) is 0 Å². The van der Waals surface area contributed by atoms with Crippen LogP contribution >= 0.6 is 11.6 Å². The van der Waals surface area contributed by atoms with Crippen LogP contribution in [-0.2, 0) is 21.4 Å². The van der Waals surface area contributed by atoms with Crippen LogP contribution < -0.4 is 4.31 Å². The molecule has 0 radical (unpaired) electrons. The number of anilines is 1. The lowest BCUT2D eigenvalue weighted by atomic mass is 10.1. The summed E-state index contributed by atoms with van der Waals surface area (Å²) in [7, 11) is -2.31. The first-order valence-corrected chi connectivity index (χ1v) is 11.6. The first-order valence-electron chi connectivity index (χ1n) is 9.82. The smallest absolute Gasteiger partial charge is 0.264 e. The minimum atomic E-state index is -3.97. The lowest BCUT2D eigenvalue weighted by Crippen LogP contribution is -2.41. The second-order valence-electron chi connectivity index (χ2n) is 7.47. The number of hydrogen-bond donors (Lipinski definition) is 0. The van der Waals surface area contributed by atoms with Crippen molar-refractivity contribution < 1.29 is 13.2 Å². The Hall–Kier alpha value is -2.83. The lowest BCUT2D eigenvalue weighted by Gasteiger charge is -2.27. The first-order chi connectivity index (χ1) is 14.7. The van der Waals surface area contributed by atoms with Crippen LogP contribution in [0.15, 0.2) is 77.7 Å². The molecule has 0 atom stereocenters. The van der Waals surface area contributed by atoms with E-state index in [0.29, 0.717) is 17.3 Å². The second kappa shape index (κ2) is 9.54. The second-order valence-corrected chi connectivity index (χ2v) is 9.77. The maximum atomic E-state index is 13.5. The maximum Gasteiger partial charge on any atom is 0.264 e. The Morgan fingerprint density at radius 1 is 0.903 bits per heavy atom. The average molecular weight is 457 g/mol. The van der Waals surface area contributed by atoms with Crippen LogP contribution in [0.3, 0.4) is 0 Å². The molecule has 0 N–H and O–H groups in total. The fourth-order valence-corrected chi connectivity index (χ4v) is 4.65. The van der Waals surface area contributed by atoms with E-state index >= 15 is 0 Å². The van der Waals surface area contributed by atoms with E-state index < -0.39 is 10.0 Å². The molecular weight excluding hydrogens is 432 g/mol. The summed E-state index contributed by atoms with van der Waals surface area (Å²) >= 11 is 5.93. The van der Waals surface area contributed by atoms with Crippen LogP contribution in [0.25, 0.3) is 0 Å². The number of rotatable bonds is 7. The third kappa shape index (κ3) is 5.46. The third-order valence-corrected chi connectivity index (χ3v) is 7.19. The molecule has 5 nitrogen and oxygen atoms in total. The van der Waals surface area contributed by atoms with Gasteiger partial charge in [0.1, 0.15) is 6.54 Å².